The minimum absolute atomic E-state index is 0.00566. The van der Waals surface area contributed by atoms with Gasteiger partial charge in [-0.15, -0.1) is 0 Å². The summed E-state index contributed by atoms with van der Waals surface area (Å²) in [7, 11) is 3.21. The molecule has 0 bridgehead atoms. The summed E-state index contributed by atoms with van der Waals surface area (Å²) in [6.07, 6.45) is 3.41. The maximum absolute atomic E-state index is 9.38. The molecule has 1 saturated carbocycles. The first-order chi connectivity index (χ1) is 9.58. The molecule has 0 aliphatic heterocycles. The Kier molecular flexibility index (Phi) is 4.73. The standard InChI is InChI=1S/C15H23NO4/c1-18-12-6-13(19-2)8-14(7-12)20-11-4-3-5-15(16,9-11)10-17/h6-8,11,17H,3-5,9-10,16H2,1-2H3. The minimum atomic E-state index is -0.522. The van der Waals surface area contributed by atoms with Crippen LogP contribution >= 0.6 is 0 Å². The van der Waals surface area contributed by atoms with E-state index >= 15 is 0 Å². The second-order valence-electron chi connectivity index (χ2n) is 5.41. The molecule has 5 heteroatoms. The van der Waals surface area contributed by atoms with E-state index in [0.29, 0.717) is 23.7 Å². The zero-order valence-corrected chi connectivity index (χ0v) is 12.1. The summed E-state index contributed by atoms with van der Waals surface area (Å²) in [5, 5.41) is 9.38. The van der Waals surface area contributed by atoms with Crippen LogP contribution in [-0.2, 0) is 0 Å². The number of hydrogen-bond acceptors (Lipinski definition) is 5. The van der Waals surface area contributed by atoms with Crippen molar-refractivity contribution in [2.24, 2.45) is 5.73 Å². The van der Waals surface area contributed by atoms with E-state index in [1.807, 2.05) is 12.1 Å². The van der Waals surface area contributed by atoms with Crippen molar-refractivity contribution >= 4 is 0 Å². The van der Waals surface area contributed by atoms with Crippen molar-refractivity contribution in [3.8, 4) is 17.2 Å². The van der Waals surface area contributed by atoms with Crippen LogP contribution in [0.2, 0.25) is 0 Å². The Labute approximate surface area is 119 Å². The number of methoxy groups -OCH3 is 2. The van der Waals surface area contributed by atoms with Gasteiger partial charge in [-0.05, 0) is 19.3 Å². The largest absolute Gasteiger partial charge is 0.496 e. The zero-order valence-electron chi connectivity index (χ0n) is 12.1. The average Bonchev–Trinajstić information content (AvgIpc) is 2.47. The highest BCUT2D eigenvalue weighted by molar-refractivity contribution is 5.42. The molecule has 0 heterocycles. The van der Waals surface area contributed by atoms with Crippen molar-refractivity contribution in [1.82, 2.24) is 0 Å². The molecule has 1 fully saturated rings. The van der Waals surface area contributed by atoms with Crippen LogP contribution in [0.25, 0.3) is 0 Å². The molecule has 0 spiro atoms. The maximum atomic E-state index is 9.38. The molecule has 1 aliphatic rings. The Bertz CT molecular complexity index is 429. The van der Waals surface area contributed by atoms with Gasteiger partial charge in [0.15, 0.2) is 0 Å². The van der Waals surface area contributed by atoms with Gasteiger partial charge in [0.2, 0.25) is 0 Å². The fourth-order valence-corrected chi connectivity index (χ4v) is 2.63. The third-order valence-electron chi connectivity index (χ3n) is 3.78. The molecule has 1 aromatic carbocycles. The van der Waals surface area contributed by atoms with Crippen molar-refractivity contribution in [1.29, 1.82) is 0 Å². The first kappa shape index (κ1) is 14.9. The fourth-order valence-electron chi connectivity index (χ4n) is 2.63. The second-order valence-corrected chi connectivity index (χ2v) is 5.41. The summed E-state index contributed by atoms with van der Waals surface area (Å²) >= 11 is 0. The van der Waals surface area contributed by atoms with Crippen LogP contribution < -0.4 is 19.9 Å². The lowest BCUT2D eigenvalue weighted by Crippen LogP contribution is -2.50. The highest BCUT2D eigenvalue weighted by Gasteiger charge is 2.33. The van der Waals surface area contributed by atoms with Crippen molar-refractivity contribution < 1.29 is 19.3 Å². The van der Waals surface area contributed by atoms with Crippen molar-refractivity contribution in [2.75, 3.05) is 20.8 Å². The Morgan fingerprint density at radius 1 is 1.20 bits per heavy atom. The number of hydrogen-bond donors (Lipinski definition) is 2. The van der Waals surface area contributed by atoms with E-state index in [0.717, 1.165) is 19.3 Å². The molecular weight excluding hydrogens is 258 g/mol. The number of nitrogens with two attached hydrogens (primary N) is 1. The van der Waals surface area contributed by atoms with Gasteiger partial charge >= 0.3 is 0 Å². The molecule has 0 aromatic heterocycles. The Morgan fingerprint density at radius 2 is 1.80 bits per heavy atom. The summed E-state index contributed by atoms with van der Waals surface area (Å²) in [4.78, 5) is 0. The highest BCUT2D eigenvalue weighted by atomic mass is 16.5. The van der Waals surface area contributed by atoms with E-state index in [1.54, 1.807) is 20.3 Å². The van der Waals surface area contributed by atoms with Gasteiger partial charge in [-0.3, -0.25) is 0 Å². The predicted molar refractivity (Wildman–Crippen MR) is 76.4 cm³/mol. The lowest BCUT2D eigenvalue weighted by Gasteiger charge is -2.36. The molecule has 2 rings (SSSR count). The summed E-state index contributed by atoms with van der Waals surface area (Å²) in [6, 6.07) is 5.46. The minimum Gasteiger partial charge on any atom is -0.496 e. The van der Waals surface area contributed by atoms with Gasteiger partial charge in [-0.2, -0.15) is 0 Å². The first-order valence-corrected chi connectivity index (χ1v) is 6.88. The molecule has 1 aromatic rings. The topological polar surface area (TPSA) is 73.9 Å². The van der Waals surface area contributed by atoms with Crippen LogP contribution in [0, 0.1) is 0 Å². The molecule has 1 aliphatic carbocycles. The van der Waals surface area contributed by atoms with Crippen LogP contribution in [0.3, 0.4) is 0 Å². The molecule has 2 unspecified atom stereocenters. The molecule has 3 N–H and O–H groups in total. The van der Waals surface area contributed by atoms with Crippen molar-refractivity contribution in [3.63, 3.8) is 0 Å². The molecule has 112 valence electrons. The van der Waals surface area contributed by atoms with E-state index in [4.69, 9.17) is 19.9 Å². The normalized spacial score (nSPS) is 26.1. The van der Waals surface area contributed by atoms with Gasteiger partial charge in [-0.25, -0.2) is 0 Å². The van der Waals surface area contributed by atoms with E-state index in [9.17, 15) is 5.11 Å². The van der Waals surface area contributed by atoms with E-state index < -0.39 is 5.54 Å². The van der Waals surface area contributed by atoms with Crippen LogP contribution in [-0.4, -0.2) is 37.6 Å². The van der Waals surface area contributed by atoms with Gasteiger partial charge < -0.3 is 25.1 Å². The smallest absolute Gasteiger partial charge is 0.127 e. The Hall–Kier alpha value is -1.46. The second kappa shape index (κ2) is 6.33. The Balaban J connectivity index is 2.09. The van der Waals surface area contributed by atoms with Gasteiger partial charge in [-0.1, -0.05) is 0 Å². The molecule has 2 atom stereocenters. The third kappa shape index (κ3) is 3.55. The number of ether oxygens (including phenoxy) is 3. The molecular formula is C15H23NO4. The number of rotatable bonds is 5. The Morgan fingerprint density at radius 3 is 2.35 bits per heavy atom. The van der Waals surface area contributed by atoms with Crippen LogP contribution in [0.1, 0.15) is 25.7 Å². The summed E-state index contributed by atoms with van der Waals surface area (Å²) in [6.45, 7) is -0.00566. The molecule has 0 amide bonds. The number of aliphatic hydroxyl groups excluding tert-OH is 1. The van der Waals surface area contributed by atoms with E-state index in [2.05, 4.69) is 0 Å². The number of benzene rings is 1. The van der Waals surface area contributed by atoms with Gasteiger partial charge in [0, 0.05) is 30.2 Å². The molecule has 0 saturated heterocycles. The maximum Gasteiger partial charge on any atom is 0.127 e. The van der Waals surface area contributed by atoms with Crippen molar-refractivity contribution in [2.45, 2.75) is 37.3 Å². The SMILES string of the molecule is COc1cc(OC)cc(OC2CCCC(N)(CO)C2)c1. The quantitative estimate of drug-likeness (QED) is 0.859. The van der Waals surface area contributed by atoms with Crippen LogP contribution in [0.5, 0.6) is 17.2 Å². The monoisotopic (exact) mass is 281 g/mol. The average molecular weight is 281 g/mol. The summed E-state index contributed by atoms with van der Waals surface area (Å²) < 4.78 is 16.4. The number of aliphatic hydroxyl groups is 1. The van der Waals surface area contributed by atoms with E-state index in [1.165, 1.54) is 0 Å². The van der Waals surface area contributed by atoms with Crippen LogP contribution in [0.15, 0.2) is 18.2 Å². The van der Waals surface area contributed by atoms with Gasteiger partial charge in [0.1, 0.15) is 23.4 Å². The lowest BCUT2D eigenvalue weighted by molar-refractivity contribution is 0.0726. The van der Waals surface area contributed by atoms with E-state index in [-0.39, 0.29) is 12.7 Å². The first-order valence-electron chi connectivity index (χ1n) is 6.88. The predicted octanol–water partition coefficient (Wildman–Crippen LogP) is 1.71. The fraction of sp³-hybridized carbons (Fsp3) is 0.600. The summed E-state index contributed by atoms with van der Waals surface area (Å²) in [5.74, 6) is 2.08. The van der Waals surface area contributed by atoms with Gasteiger partial charge in [0.05, 0.1) is 20.8 Å². The lowest BCUT2D eigenvalue weighted by atomic mass is 9.81. The molecule has 5 nitrogen and oxygen atoms in total. The third-order valence-corrected chi connectivity index (χ3v) is 3.78. The van der Waals surface area contributed by atoms with Gasteiger partial charge in [0.25, 0.3) is 0 Å². The molecule has 0 radical (unpaired) electrons. The molecule has 20 heavy (non-hydrogen) atoms. The highest BCUT2D eigenvalue weighted by Crippen LogP contribution is 2.32. The van der Waals surface area contributed by atoms with Crippen LogP contribution in [0.4, 0.5) is 0 Å². The summed E-state index contributed by atoms with van der Waals surface area (Å²) in [5.41, 5.74) is 5.61. The zero-order chi connectivity index (χ0) is 14.6. The van der Waals surface area contributed by atoms with Crippen molar-refractivity contribution in [3.05, 3.63) is 18.2 Å².